The predicted octanol–water partition coefficient (Wildman–Crippen LogP) is 8.60. The van der Waals surface area contributed by atoms with Crippen molar-refractivity contribution in [1.82, 2.24) is 0 Å². The molecule has 0 N–H and O–H groups in total. The van der Waals surface area contributed by atoms with Crippen molar-refractivity contribution in [2.45, 2.75) is 105 Å². The summed E-state index contributed by atoms with van der Waals surface area (Å²) in [5, 5.41) is 0. The van der Waals surface area contributed by atoms with Gasteiger partial charge in [0.25, 0.3) is 0 Å². The molecule has 0 aromatic heterocycles. The van der Waals surface area contributed by atoms with Crippen LogP contribution in [-0.4, -0.2) is 5.67 Å². The molecule has 3 aliphatic carbocycles. The molecule has 3 aliphatic rings. The average Bonchev–Trinajstić information content (AvgIpc) is 3.32. The first-order valence-electron chi connectivity index (χ1n) is 11.8. The molecule has 0 radical (unpaired) electrons. The molecule has 1 spiro atoms. The molecule has 1 heteroatoms. The lowest BCUT2D eigenvalue weighted by molar-refractivity contribution is -0.0590. The van der Waals surface area contributed by atoms with Gasteiger partial charge in [-0.1, -0.05) is 49.6 Å². The second-order valence-corrected chi connectivity index (χ2v) is 11.1. The van der Waals surface area contributed by atoms with Crippen molar-refractivity contribution in [2.24, 2.45) is 28.6 Å². The van der Waals surface area contributed by atoms with E-state index in [0.29, 0.717) is 17.3 Å². The van der Waals surface area contributed by atoms with Gasteiger partial charge < -0.3 is 0 Å². The van der Waals surface area contributed by atoms with E-state index in [0.717, 1.165) is 37.2 Å². The zero-order valence-electron chi connectivity index (χ0n) is 19.3. The van der Waals surface area contributed by atoms with Crippen LogP contribution in [0.5, 0.6) is 0 Å². The first-order chi connectivity index (χ1) is 13.1. The van der Waals surface area contributed by atoms with Gasteiger partial charge >= 0.3 is 0 Å². The normalized spacial score (nSPS) is 26.4. The molecule has 2 unspecified atom stereocenters. The van der Waals surface area contributed by atoms with E-state index in [1.165, 1.54) is 43.3 Å². The molecule has 0 heterocycles. The third-order valence-electron chi connectivity index (χ3n) is 8.83. The van der Waals surface area contributed by atoms with Gasteiger partial charge in [0.2, 0.25) is 0 Å². The van der Waals surface area contributed by atoms with E-state index < -0.39 is 5.67 Å². The summed E-state index contributed by atoms with van der Waals surface area (Å²) in [6, 6.07) is 0. The van der Waals surface area contributed by atoms with Crippen molar-refractivity contribution in [3.8, 4) is 0 Å². The maximum atomic E-state index is 15.0. The lowest BCUT2D eigenvalue weighted by Crippen LogP contribution is -2.47. The van der Waals surface area contributed by atoms with Crippen molar-refractivity contribution in [3.63, 3.8) is 0 Å². The first kappa shape index (κ1) is 21.8. The van der Waals surface area contributed by atoms with Crippen LogP contribution in [0.3, 0.4) is 0 Å². The Morgan fingerprint density at radius 3 is 2.14 bits per heavy atom. The Kier molecular flexibility index (Phi) is 6.06. The van der Waals surface area contributed by atoms with Gasteiger partial charge in [-0.05, 0) is 108 Å². The number of allylic oxidation sites excluding steroid dienone is 5. The molecule has 0 amide bonds. The van der Waals surface area contributed by atoms with E-state index in [4.69, 9.17) is 0 Å². The number of hydrogen-bond acceptors (Lipinski definition) is 0. The zero-order chi connectivity index (χ0) is 20.7. The lowest BCUT2D eigenvalue weighted by Gasteiger charge is -2.58. The fourth-order valence-electron chi connectivity index (χ4n) is 6.53. The molecule has 158 valence electrons. The van der Waals surface area contributed by atoms with Gasteiger partial charge in [0.1, 0.15) is 5.67 Å². The van der Waals surface area contributed by atoms with Crippen molar-refractivity contribution in [2.75, 3.05) is 0 Å². The summed E-state index contributed by atoms with van der Waals surface area (Å²) in [6.45, 7) is 16.7. The Labute approximate surface area is 173 Å². The highest BCUT2D eigenvalue weighted by Gasteiger charge is 2.57. The van der Waals surface area contributed by atoms with E-state index in [1.54, 1.807) is 0 Å². The molecule has 0 aromatic rings. The maximum absolute atomic E-state index is 15.0. The molecule has 0 nitrogen and oxygen atoms in total. The van der Waals surface area contributed by atoms with E-state index in [9.17, 15) is 0 Å². The highest BCUT2D eigenvalue weighted by atomic mass is 19.1. The summed E-state index contributed by atoms with van der Waals surface area (Å²) in [6.07, 6.45) is 16.1. The Bertz CT molecular complexity index is 640. The molecular weight excluding hydrogens is 343 g/mol. The molecule has 3 saturated carbocycles. The fraction of sp³-hybridized carbons (Fsp3) is 0.778. The predicted molar refractivity (Wildman–Crippen MR) is 120 cm³/mol. The minimum absolute atomic E-state index is 0.0676. The first-order valence-corrected chi connectivity index (χ1v) is 11.8. The van der Waals surface area contributed by atoms with Crippen molar-refractivity contribution >= 4 is 0 Å². The van der Waals surface area contributed by atoms with Crippen LogP contribution in [0.2, 0.25) is 0 Å². The van der Waals surface area contributed by atoms with E-state index in [1.807, 2.05) is 13.8 Å². The van der Waals surface area contributed by atoms with Crippen LogP contribution in [-0.2, 0) is 0 Å². The van der Waals surface area contributed by atoms with Crippen LogP contribution in [0.4, 0.5) is 4.39 Å². The summed E-state index contributed by atoms with van der Waals surface area (Å²) in [7, 11) is 0. The monoisotopic (exact) mass is 386 g/mol. The molecular formula is C27H43F. The van der Waals surface area contributed by atoms with E-state index in [2.05, 4.69) is 46.4 Å². The standard InChI is InChI=1S/C27H43F/c1-8-21(19(3)4)15-20(5)24(23-16-26(17-23)11-10-12-26)22(9-2)18-27(13-14-27)25(6,7)28/h8,15,22-24H,3,9-14,16-18H2,1-2,4-7H3/b20-15+,21-8+. The zero-order valence-corrected chi connectivity index (χ0v) is 19.3. The van der Waals surface area contributed by atoms with Crippen LogP contribution >= 0.6 is 0 Å². The molecule has 0 aliphatic heterocycles. The fourth-order valence-corrected chi connectivity index (χ4v) is 6.53. The SMILES string of the molecule is C=C(C)C(=C/C)/C=C(\C)C(C1CC2(CCC2)C1)C(CC)CC1(C(C)(C)F)CC1. The number of alkyl halides is 1. The van der Waals surface area contributed by atoms with Gasteiger partial charge in [-0.2, -0.15) is 0 Å². The molecule has 0 aromatic carbocycles. The smallest absolute Gasteiger partial charge is 0.111 e. The number of hydrogen-bond donors (Lipinski definition) is 0. The minimum Gasteiger partial charge on any atom is -0.244 e. The summed E-state index contributed by atoms with van der Waals surface area (Å²) in [5.41, 5.74) is 3.49. The summed E-state index contributed by atoms with van der Waals surface area (Å²) < 4.78 is 15.0. The van der Waals surface area contributed by atoms with Gasteiger partial charge in [-0.25, -0.2) is 4.39 Å². The van der Waals surface area contributed by atoms with Crippen LogP contribution in [0, 0.1) is 28.6 Å². The molecule has 3 rings (SSSR count). The molecule has 3 fully saturated rings. The Morgan fingerprint density at radius 1 is 1.18 bits per heavy atom. The Morgan fingerprint density at radius 2 is 1.79 bits per heavy atom. The minimum atomic E-state index is -1.05. The topological polar surface area (TPSA) is 0 Å². The quantitative estimate of drug-likeness (QED) is 0.348. The van der Waals surface area contributed by atoms with E-state index in [-0.39, 0.29) is 5.41 Å². The van der Waals surface area contributed by atoms with Crippen LogP contribution < -0.4 is 0 Å². The highest BCUT2D eigenvalue weighted by molar-refractivity contribution is 5.38. The summed E-state index contributed by atoms with van der Waals surface area (Å²) >= 11 is 0. The Hall–Kier alpha value is -0.850. The molecule has 0 saturated heterocycles. The second-order valence-electron chi connectivity index (χ2n) is 11.1. The van der Waals surface area contributed by atoms with Gasteiger partial charge in [0, 0.05) is 5.41 Å². The molecule has 2 atom stereocenters. The van der Waals surface area contributed by atoms with Gasteiger partial charge in [0.15, 0.2) is 0 Å². The Balaban J connectivity index is 1.84. The summed E-state index contributed by atoms with van der Waals surface area (Å²) in [4.78, 5) is 0. The molecule has 0 bridgehead atoms. The maximum Gasteiger partial charge on any atom is 0.111 e. The third kappa shape index (κ3) is 4.05. The molecule has 28 heavy (non-hydrogen) atoms. The number of rotatable bonds is 9. The van der Waals surface area contributed by atoms with Crippen LogP contribution in [0.1, 0.15) is 99.3 Å². The summed E-state index contributed by atoms with van der Waals surface area (Å²) in [5.74, 6) is 1.99. The van der Waals surface area contributed by atoms with Crippen LogP contribution in [0.25, 0.3) is 0 Å². The van der Waals surface area contributed by atoms with Crippen molar-refractivity contribution < 1.29 is 4.39 Å². The third-order valence-corrected chi connectivity index (χ3v) is 8.83. The van der Waals surface area contributed by atoms with Gasteiger partial charge in [-0.15, -0.1) is 0 Å². The average molecular weight is 387 g/mol. The van der Waals surface area contributed by atoms with Crippen molar-refractivity contribution in [1.29, 1.82) is 0 Å². The highest BCUT2D eigenvalue weighted by Crippen LogP contribution is 2.65. The van der Waals surface area contributed by atoms with Crippen molar-refractivity contribution in [3.05, 3.63) is 35.5 Å². The van der Waals surface area contributed by atoms with Gasteiger partial charge in [0.05, 0.1) is 0 Å². The van der Waals surface area contributed by atoms with Gasteiger partial charge in [-0.3, -0.25) is 0 Å². The second kappa shape index (κ2) is 7.77. The number of halogens is 1. The van der Waals surface area contributed by atoms with E-state index >= 15 is 4.39 Å². The largest absolute Gasteiger partial charge is 0.244 e. The van der Waals surface area contributed by atoms with Crippen LogP contribution in [0.15, 0.2) is 35.5 Å². The lowest BCUT2D eigenvalue weighted by atomic mass is 9.47.